The van der Waals surface area contributed by atoms with E-state index in [0.29, 0.717) is 5.92 Å². The highest BCUT2D eigenvalue weighted by molar-refractivity contribution is 6.30. The van der Waals surface area contributed by atoms with Crippen molar-refractivity contribution < 1.29 is 9.47 Å². The van der Waals surface area contributed by atoms with E-state index >= 15 is 0 Å². The molecule has 0 bridgehead atoms. The average Bonchev–Trinajstić information content (AvgIpc) is 3.20. The van der Waals surface area contributed by atoms with Crippen LogP contribution in [0.3, 0.4) is 0 Å². The van der Waals surface area contributed by atoms with Crippen LogP contribution in [0.5, 0.6) is 5.75 Å². The maximum Gasteiger partial charge on any atom is 0.122 e. The van der Waals surface area contributed by atoms with Crippen molar-refractivity contribution in [2.45, 2.75) is 44.2 Å². The molecular weight excluding hydrogens is 346 g/mol. The highest BCUT2D eigenvalue weighted by atomic mass is 35.5. The number of para-hydroxylation sites is 1. The molecule has 1 N–H and O–H groups in total. The van der Waals surface area contributed by atoms with E-state index in [1.165, 1.54) is 11.1 Å². The van der Waals surface area contributed by atoms with Crippen LogP contribution in [0.4, 0.5) is 0 Å². The van der Waals surface area contributed by atoms with Gasteiger partial charge in [-0.05, 0) is 62.1 Å². The van der Waals surface area contributed by atoms with E-state index in [4.69, 9.17) is 21.1 Å². The second kappa shape index (κ2) is 9.40. The molecule has 3 unspecified atom stereocenters. The maximum atomic E-state index is 6.03. The van der Waals surface area contributed by atoms with E-state index in [0.717, 1.165) is 43.2 Å². The smallest absolute Gasteiger partial charge is 0.122 e. The molecule has 1 heterocycles. The Morgan fingerprint density at radius 1 is 1.19 bits per heavy atom. The molecule has 0 aromatic heterocycles. The second-order valence-corrected chi connectivity index (χ2v) is 7.35. The maximum absolute atomic E-state index is 6.03. The SMILES string of the molecule is COc1ccccc1C(CCNC(C)c1ccc(Cl)cc1)C1CCCO1. The fourth-order valence-corrected chi connectivity index (χ4v) is 3.88. The van der Waals surface area contributed by atoms with Gasteiger partial charge >= 0.3 is 0 Å². The summed E-state index contributed by atoms with van der Waals surface area (Å²) >= 11 is 5.99. The lowest BCUT2D eigenvalue weighted by Crippen LogP contribution is -2.26. The molecule has 0 radical (unpaired) electrons. The molecule has 0 spiro atoms. The van der Waals surface area contributed by atoms with Gasteiger partial charge < -0.3 is 14.8 Å². The van der Waals surface area contributed by atoms with Crippen molar-refractivity contribution in [2.75, 3.05) is 20.3 Å². The van der Waals surface area contributed by atoms with Crippen molar-refractivity contribution in [3.05, 3.63) is 64.7 Å². The third kappa shape index (κ3) is 4.79. The van der Waals surface area contributed by atoms with Crippen molar-refractivity contribution in [1.29, 1.82) is 0 Å². The fourth-order valence-electron chi connectivity index (χ4n) is 3.76. The number of hydrogen-bond donors (Lipinski definition) is 1. The molecule has 140 valence electrons. The van der Waals surface area contributed by atoms with Gasteiger partial charge in [-0.25, -0.2) is 0 Å². The van der Waals surface area contributed by atoms with Crippen molar-refractivity contribution in [1.82, 2.24) is 5.32 Å². The van der Waals surface area contributed by atoms with E-state index in [2.05, 4.69) is 36.5 Å². The summed E-state index contributed by atoms with van der Waals surface area (Å²) in [5.74, 6) is 1.30. The summed E-state index contributed by atoms with van der Waals surface area (Å²) < 4.78 is 11.6. The third-order valence-corrected chi connectivity index (χ3v) is 5.48. The molecule has 1 aliphatic heterocycles. The molecule has 3 rings (SSSR count). The highest BCUT2D eigenvalue weighted by Gasteiger charge is 2.29. The summed E-state index contributed by atoms with van der Waals surface area (Å²) in [4.78, 5) is 0. The third-order valence-electron chi connectivity index (χ3n) is 5.23. The van der Waals surface area contributed by atoms with Crippen LogP contribution in [0.1, 0.15) is 49.3 Å². The van der Waals surface area contributed by atoms with Gasteiger partial charge in [-0.1, -0.05) is 41.9 Å². The molecule has 1 aliphatic rings. The fraction of sp³-hybridized carbons (Fsp3) is 0.455. The van der Waals surface area contributed by atoms with E-state index in [1.54, 1.807) is 7.11 Å². The Balaban J connectivity index is 1.65. The van der Waals surface area contributed by atoms with Crippen LogP contribution in [-0.4, -0.2) is 26.4 Å². The zero-order chi connectivity index (χ0) is 18.4. The van der Waals surface area contributed by atoms with Crippen LogP contribution < -0.4 is 10.1 Å². The van der Waals surface area contributed by atoms with Crippen molar-refractivity contribution >= 4 is 11.6 Å². The predicted molar refractivity (Wildman–Crippen MR) is 107 cm³/mol. The van der Waals surface area contributed by atoms with Crippen molar-refractivity contribution in [3.8, 4) is 5.75 Å². The number of nitrogens with one attached hydrogen (secondary N) is 1. The minimum Gasteiger partial charge on any atom is -0.496 e. The summed E-state index contributed by atoms with van der Waals surface area (Å²) in [6.07, 6.45) is 3.56. The zero-order valence-electron chi connectivity index (χ0n) is 15.6. The van der Waals surface area contributed by atoms with Crippen LogP contribution >= 0.6 is 11.6 Å². The molecule has 3 nitrogen and oxygen atoms in total. The first-order valence-electron chi connectivity index (χ1n) is 9.42. The highest BCUT2D eigenvalue weighted by Crippen LogP contribution is 2.36. The van der Waals surface area contributed by atoms with Crippen LogP contribution in [0.25, 0.3) is 0 Å². The normalized spacial score (nSPS) is 19.3. The van der Waals surface area contributed by atoms with Crippen LogP contribution in [0, 0.1) is 0 Å². The van der Waals surface area contributed by atoms with Gasteiger partial charge in [0, 0.05) is 23.6 Å². The number of halogens is 1. The first-order chi connectivity index (χ1) is 12.7. The molecule has 0 saturated carbocycles. The molecule has 0 amide bonds. The van der Waals surface area contributed by atoms with E-state index in [1.807, 2.05) is 24.3 Å². The minimum absolute atomic E-state index is 0.277. The number of ether oxygens (including phenoxy) is 2. The van der Waals surface area contributed by atoms with Crippen LogP contribution in [-0.2, 0) is 4.74 Å². The summed E-state index contributed by atoms with van der Waals surface area (Å²) in [6, 6.07) is 16.7. The molecule has 26 heavy (non-hydrogen) atoms. The molecule has 2 aromatic carbocycles. The Morgan fingerprint density at radius 3 is 2.65 bits per heavy atom. The summed E-state index contributed by atoms with van der Waals surface area (Å²) in [5, 5.41) is 4.41. The molecule has 2 aromatic rings. The van der Waals surface area contributed by atoms with Crippen molar-refractivity contribution in [3.63, 3.8) is 0 Å². The van der Waals surface area contributed by atoms with Gasteiger partial charge in [0.15, 0.2) is 0 Å². The first kappa shape index (κ1) is 19.2. The van der Waals surface area contributed by atoms with E-state index < -0.39 is 0 Å². The summed E-state index contributed by atoms with van der Waals surface area (Å²) in [6.45, 7) is 3.98. The molecule has 1 fully saturated rings. The Bertz CT molecular complexity index is 683. The lowest BCUT2D eigenvalue weighted by molar-refractivity contribution is 0.0848. The summed E-state index contributed by atoms with van der Waals surface area (Å²) in [7, 11) is 1.74. The molecule has 3 atom stereocenters. The zero-order valence-corrected chi connectivity index (χ0v) is 16.3. The van der Waals surface area contributed by atoms with E-state index in [-0.39, 0.29) is 12.1 Å². The Hall–Kier alpha value is -1.55. The van der Waals surface area contributed by atoms with Gasteiger partial charge in [0.2, 0.25) is 0 Å². The number of methoxy groups -OCH3 is 1. The molecule has 0 aliphatic carbocycles. The van der Waals surface area contributed by atoms with Crippen LogP contribution in [0.2, 0.25) is 5.02 Å². The predicted octanol–water partition coefficient (Wildman–Crippen LogP) is 5.35. The van der Waals surface area contributed by atoms with Crippen molar-refractivity contribution in [2.24, 2.45) is 0 Å². The lowest BCUT2D eigenvalue weighted by atomic mass is 9.88. The Labute approximate surface area is 161 Å². The van der Waals surface area contributed by atoms with Gasteiger partial charge in [-0.15, -0.1) is 0 Å². The number of benzene rings is 2. The van der Waals surface area contributed by atoms with Gasteiger partial charge in [0.05, 0.1) is 13.2 Å². The lowest BCUT2D eigenvalue weighted by Gasteiger charge is -2.26. The number of hydrogen-bond acceptors (Lipinski definition) is 3. The monoisotopic (exact) mass is 373 g/mol. The Kier molecular flexibility index (Phi) is 6.95. The first-order valence-corrected chi connectivity index (χ1v) is 9.80. The molecule has 1 saturated heterocycles. The second-order valence-electron chi connectivity index (χ2n) is 6.92. The van der Waals surface area contributed by atoms with Gasteiger partial charge in [0.1, 0.15) is 5.75 Å². The standard InChI is InChI=1S/C22H28ClNO2/c1-16(17-9-11-18(23)12-10-17)24-14-13-20(22-8-5-15-26-22)19-6-3-4-7-21(19)25-2/h3-4,6-7,9-12,16,20,22,24H,5,8,13-15H2,1-2H3. The van der Waals surface area contributed by atoms with Crippen LogP contribution in [0.15, 0.2) is 48.5 Å². The summed E-state index contributed by atoms with van der Waals surface area (Å²) in [5.41, 5.74) is 2.50. The molecule has 4 heteroatoms. The average molecular weight is 374 g/mol. The largest absolute Gasteiger partial charge is 0.496 e. The van der Waals surface area contributed by atoms with E-state index in [9.17, 15) is 0 Å². The van der Waals surface area contributed by atoms with Gasteiger partial charge in [0.25, 0.3) is 0 Å². The molecular formula is C22H28ClNO2. The topological polar surface area (TPSA) is 30.5 Å². The van der Waals surface area contributed by atoms with Gasteiger partial charge in [-0.2, -0.15) is 0 Å². The minimum atomic E-state index is 0.277. The quantitative estimate of drug-likeness (QED) is 0.676. The Morgan fingerprint density at radius 2 is 1.96 bits per heavy atom. The van der Waals surface area contributed by atoms with Gasteiger partial charge in [-0.3, -0.25) is 0 Å². The number of rotatable bonds is 8.